The molecule has 4 aliphatic heterocycles. The first kappa shape index (κ1) is 34.8. The van der Waals surface area contributed by atoms with Gasteiger partial charge in [-0.05, 0) is 58.6 Å². The van der Waals surface area contributed by atoms with Crippen LogP contribution >= 0.6 is 12.4 Å². The summed E-state index contributed by atoms with van der Waals surface area (Å²) in [6, 6.07) is 9.93. The molecule has 8 rings (SSSR count). The lowest BCUT2D eigenvalue weighted by molar-refractivity contribution is -0.0133. The molecule has 4 atom stereocenters. The van der Waals surface area contributed by atoms with Gasteiger partial charge in [-0.1, -0.05) is 0 Å². The van der Waals surface area contributed by atoms with E-state index in [1.807, 2.05) is 44.0 Å². The number of aliphatic hydroxyl groups excluding tert-OH is 2. The van der Waals surface area contributed by atoms with Crippen LogP contribution in [0.1, 0.15) is 72.1 Å². The summed E-state index contributed by atoms with van der Waals surface area (Å²) in [5.41, 5.74) is 1.85. The summed E-state index contributed by atoms with van der Waals surface area (Å²) < 4.78 is 17.3. The van der Waals surface area contributed by atoms with Crippen LogP contribution in [-0.2, 0) is 4.74 Å². The molecule has 6 aliphatic rings. The number of amides is 1. The van der Waals surface area contributed by atoms with E-state index in [9.17, 15) is 15.0 Å². The molecule has 2 saturated carbocycles. The van der Waals surface area contributed by atoms with Crippen LogP contribution < -0.4 is 24.6 Å². The summed E-state index contributed by atoms with van der Waals surface area (Å²) in [5, 5.41) is 22.2. The molecule has 2 aliphatic carbocycles. The number of aliphatic hydroxyl groups is 2. The maximum atomic E-state index is 12.5. The van der Waals surface area contributed by atoms with E-state index in [2.05, 4.69) is 37.2 Å². The van der Waals surface area contributed by atoms with Crippen molar-refractivity contribution >= 4 is 29.9 Å². The second-order valence-corrected chi connectivity index (χ2v) is 15.1. The van der Waals surface area contributed by atoms with Gasteiger partial charge in [-0.3, -0.25) is 0 Å². The molecule has 4 saturated heterocycles. The topological polar surface area (TPSA) is 133 Å². The molecule has 0 radical (unpaired) electrons. The van der Waals surface area contributed by atoms with Gasteiger partial charge in [0.25, 0.3) is 0 Å². The van der Waals surface area contributed by atoms with Crippen LogP contribution in [0.3, 0.4) is 0 Å². The molecule has 0 aromatic carbocycles. The number of anilines is 2. The molecule has 3 N–H and O–H groups in total. The summed E-state index contributed by atoms with van der Waals surface area (Å²) in [4.78, 5) is 27.9. The lowest BCUT2D eigenvalue weighted by Crippen LogP contribution is -2.56. The van der Waals surface area contributed by atoms with Gasteiger partial charge in [0.05, 0.1) is 12.2 Å². The average molecular weight is 687 g/mol. The van der Waals surface area contributed by atoms with E-state index in [0.717, 1.165) is 44.5 Å². The SMILES string of the molecule is CC(C)(C)OC(=O)N1CC2CCC(C1)N2c1ccnc(OC2CC(O)C2)c1.Cl.OC1CC(Oc2cc(N3C4CCC3CNC4)ccn2)C1. The number of halogens is 1. The number of rotatable bonds is 6. The molecule has 2 aromatic heterocycles. The van der Waals surface area contributed by atoms with Gasteiger partial charge in [0.1, 0.15) is 17.8 Å². The molecule has 4 unspecified atom stereocenters. The van der Waals surface area contributed by atoms with Crippen molar-refractivity contribution in [2.24, 2.45) is 0 Å². The highest BCUT2D eigenvalue weighted by molar-refractivity contribution is 5.85. The Morgan fingerprint density at radius 2 is 1.21 bits per heavy atom. The predicted octanol–water partition coefficient (Wildman–Crippen LogP) is 3.92. The molecule has 1 amide bonds. The number of nitrogens with one attached hydrogen (secondary N) is 1. The Kier molecular flexibility index (Phi) is 10.5. The van der Waals surface area contributed by atoms with Gasteiger partial charge in [-0.15, -0.1) is 12.4 Å². The Labute approximate surface area is 289 Å². The van der Waals surface area contributed by atoms with Gasteiger partial charge in [0.2, 0.25) is 11.8 Å². The Bertz CT molecular complexity index is 1370. The van der Waals surface area contributed by atoms with Crippen LogP contribution in [0.5, 0.6) is 11.8 Å². The zero-order valence-corrected chi connectivity index (χ0v) is 29.1. The molecule has 264 valence electrons. The number of nitrogens with zero attached hydrogens (tertiary/aromatic N) is 5. The van der Waals surface area contributed by atoms with Gasteiger partial charge in [-0.2, -0.15) is 0 Å². The number of likely N-dealkylation sites (tertiary alicyclic amines) is 1. The van der Waals surface area contributed by atoms with E-state index in [-0.39, 0.29) is 55.0 Å². The smallest absolute Gasteiger partial charge is 0.410 e. The number of pyridine rings is 2. The van der Waals surface area contributed by atoms with E-state index >= 15 is 0 Å². The van der Waals surface area contributed by atoms with Crippen LogP contribution in [0.4, 0.5) is 16.2 Å². The summed E-state index contributed by atoms with van der Waals surface area (Å²) in [7, 11) is 0. The number of piperazine rings is 2. The zero-order chi connectivity index (χ0) is 32.7. The number of carbonyl (C=O) groups is 1. The lowest BCUT2D eigenvalue weighted by Gasteiger charge is -2.42. The normalized spacial score (nSPS) is 31.8. The Morgan fingerprint density at radius 1 is 0.771 bits per heavy atom. The molecule has 6 heterocycles. The summed E-state index contributed by atoms with van der Waals surface area (Å²) in [6.07, 6.45) is 10.6. The molecule has 2 aromatic rings. The summed E-state index contributed by atoms with van der Waals surface area (Å²) >= 11 is 0. The third-order valence-electron chi connectivity index (χ3n) is 10.3. The summed E-state index contributed by atoms with van der Waals surface area (Å²) in [5.74, 6) is 1.30. The van der Waals surface area contributed by atoms with Crippen LogP contribution in [0.15, 0.2) is 36.7 Å². The largest absolute Gasteiger partial charge is 0.474 e. The number of aromatic nitrogens is 2. The first-order valence-electron chi connectivity index (χ1n) is 17.4. The Balaban J connectivity index is 0.000000170. The summed E-state index contributed by atoms with van der Waals surface area (Å²) in [6.45, 7) is 9.20. The second kappa shape index (κ2) is 14.4. The second-order valence-electron chi connectivity index (χ2n) is 15.1. The lowest BCUT2D eigenvalue weighted by atomic mass is 9.92. The van der Waals surface area contributed by atoms with E-state index in [1.54, 1.807) is 6.20 Å². The highest BCUT2D eigenvalue weighted by atomic mass is 35.5. The molecule has 12 nitrogen and oxygen atoms in total. The number of hydrogen-bond acceptors (Lipinski definition) is 11. The van der Waals surface area contributed by atoms with Crippen molar-refractivity contribution < 1.29 is 29.2 Å². The van der Waals surface area contributed by atoms with E-state index < -0.39 is 5.60 Å². The molecule has 4 bridgehead atoms. The predicted molar refractivity (Wildman–Crippen MR) is 184 cm³/mol. The van der Waals surface area contributed by atoms with Crippen LogP contribution in [0, 0.1) is 0 Å². The minimum Gasteiger partial charge on any atom is -0.474 e. The quantitative estimate of drug-likeness (QED) is 0.409. The average Bonchev–Trinajstić information content (AvgIpc) is 3.41. The third kappa shape index (κ3) is 7.87. The van der Waals surface area contributed by atoms with Gasteiger partial charge in [0, 0.05) is 112 Å². The minimum atomic E-state index is -0.473. The molecule has 6 fully saturated rings. The van der Waals surface area contributed by atoms with E-state index in [4.69, 9.17) is 14.2 Å². The van der Waals surface area contributed by atoms with Crippen LogP contribution in [0.2, 0.25) is 0 Å². The minimum absolute atomic E-state index is 0. The first-order valence-corrected chi connectivity index (χ1v) is 17.4. The number of ether oxygens (including phenoxy) is 3. The monoisotopic (exact) mass is 686 g/mol. The molecular formula is C35H51ClN6O6. The first-order chi connectivity index (χ1) is 22.6. The van der Waals surface area contributed by atoms with Crippen molar-refractivity contribution in [3.8, 4) is 11.8 Å². The Morgan fingerprint density at radius 3 is 1.65 bits per heavy atom. The van der Waals surface area contributed by atoms with Crippen molar-refractivity contribution in [3.63, 3.8) is 0 Å². The van der Waals surface area contributed by atoms with Crippen molar-refractivity contribution in [2.45, 2.75) is 126 Å². The molecule has 13 heteroatoms. The van der Waals surface area contributed by atoms with Gasteiger partial charge in [-0.25, -0.2) is 14.8 Å². The maximum Gasteiger partial charge on any atom is 0.410 e. The number of carbonyl (C=O) groups excluding carboxylic acids is 1. The highest BCUT2D eigenvalue weighted by Gasteiger charge is 2.43. The van der Waals surface area contributed by atoms with E-state index in [0.29, 0.717) is 49.8 Å². The fraction of sp³-hybridized carbons (Fsp3) is 0.686. The molecular weight excluding hydrogens is 636 g/mol. The Hall–Kier alpha value is -3.06. The van der Waals surface area contributed by atoms with Gasteiger partial charge in [0.15, 0.2) is 0 Å². The number of fused-ring (bicyclic) bond motifs is 4. The van der Waals surface area contributed by atoms with Crippen LogP contribution in [-0.4, -0.2) is 112 Å². The number of hydrogen-bond donors (Lipinski definition) is 3. The van der Waals surface area contributed by atoms with Crippen LogP contribution in [0.25, 0.3) is 0 Å². The third-order valence-corrected chi connectivity index (χ3v) is 10.3. The standard InChI is InChI=1S/C20H29N3O4.C15H21N3O2.ClH/c1-20(2,3)27-19(25)22-11-14-4-5-15(12-22)23(14)13-6-7-21-18(8-13)26-17-9-16(24)10-17;19-13-6-14(7-13)20-15-5-10(3-4-17-15)18-11-1-2-12(18)9-16-8-11;/h6-8,14-17,24H,4-5,9-12H2,1-3H3;3-5,11-14,16,19H,1-2,6-9H2;1H. The maximum absolute atomic E-state index is 12.5. The fourth-order valence-corrected chi connectivity index (χ4v) is 7.86. The van der Waals surface area contributed by atoms with Crippen molar-refractivity contribution in [3.05, 3.63) is 36.7 Å². The highest BCUT2D eigenvalue weighted by Crippen LogP contribution is 2.37. The van der Waals surface area contributed by atoms with Gasteiger partial charge < -0.3 is 44.4 Å². The fourth-order valence-electron chi connectivity index (χ4n) is 7.86. The zero-order valence-electron chi connectivity index (χ0n) is 28.2. The molecule has 48 heavy (non-hydrogen) atoms. The van der Waals surface area contributed by atoms with Gasteiger partial charge >= 0.3 is 6.09 Å². The van der Waals surface area contributed by atoms with Crippen molar-refractivity contribution in [1.29, 1.82) is 0 Å². The van der Waals surface area contributed by atoms with E-state index in [1.165, 1.54) is 18.5 Å². The van der Waals surface area contributed by atoms with Crippen molar-refractivity contribution in [1.82, 2.24) is 20.2 Å². The van der Waals surface area contributed by atoms with Crippen molar-refractivity contribution in [2.75, 3.05) is 36.0 Å². The molecule has 0 spiro atoms.